The first-order chi connectivity index (χ1) is 9.18. The molecular weight excluding hydrogens is 304 g/mol. The predicted molar refractivity (Wildman–Crippen MR) is 77.5 cm³/mol. The van der Waals surface area contributed by atoms with Gasteiger partial charge in [-0.3, -0.25) is 9.20 Å². The van der Waals surface area contributed by atoms with E-state index in [2.05, 4.69) is 20.9 Å². The number of aryl methyl sites for hydroxylation is 1. The summed E-state index contributed by atoms with van der Waals surface area (Å²) < 4.78 is 2.49. The number of benzene rings is 1. The maximum atomic E-state index is 12.6. The number of hydrogen-bond donors (Lipinski definition) is 0. The minimum atomic E-state index is -0.0648. The second kappa shape index (κ2) is 4.63. The summed E-state index contributed by atoms with van der Waals surface area (Å²) in [5.74, 6) is 0.363. The molecule has 1 aromatic carbocycles. The average Bonchev–Trinajstić information content (AvgIpc) is 2.77. The van der Waals surface area contributed by atoms with E-state index in [1.807, 2.05) is 55.6 Å². The minimum Gasteiger partial charge on any atom is -0.296 e. The fourth-order valence-corrected chi connectivity index (χ4v) is 2.60. The van der Waals surface area contributed by atoms with Crippen LogP contribution in [0.1, 0.15) is 21.7 Å². The standard InChI is InChI=1S/C15H11BrN2O/c1-10-6-2-3-7-11(10)13(19)15-17-14(16)12-8-4-5-9-18(12)15/h2-9H,1H3. The zero-order chi connectivity index (χ0) is 13.4. The van der Waals surface area contributed by atoms with Gasteiger partial charge in [0.05, 0.1) is 5.52 Å². The highest BCUT2D eigenvalue weighted by Crippen LogP contribution is 2.21. The van der Waals surface area contributed by atoms with Crippen molar-refractivity contribution in [2.24, 2.45) is 0 Å². The van der Waals surface area contributed by atoms with Crippen molar-refractivity contribution in [3.63, 3.8) is 0 Å². The number of rotatable bonds is 2. The van der Waals surface area contributed by atoms with Crippen molar-refractivity contribution in [1.82, 2.24) is 9.38 Å². The lowest BCUT2D eigenvalue weighted by Crippen LogP contribution is -2.08. The Kier molecular flexibility index (Phi) is 2.95. The quantitative estimate of drug-likeness (QED) is 0.677. The summed E-state index contributed by atoms with van der Waals surface area (Å²) in [5, 5.41) is 0. The Hall–Kier alpha value is -1.94. The number of nitrogens with zero attached hydrogens (tertiary/aromatic N) is 2. The molecule has 0 saturated heterocycles. The molecule has 3 aromatic rings. The number of halogens is 1. The van der Waals surface area contributed by atoms with Gasteiger partial charge in [-0.1, -0.05) is 30.3 Å². The molecule has 19 heavy (non-hydrogen) atoms. The largest absolute Gasteiger partial charge is 0.296 e. The molecule has 0 fully saturated rings. The van der Waals surface area contributed by atoms with Crippen LogP contribution in [0.5, 0.6) is 0 Å². The van der Waals surface area contributed by atoms with E-state index in [4.69, 9.17) is 0 Å². The summed E-state index contributed by atoms with van der Waals surface area (Å²) in [5.41, 5.74) is 2.53. The molecule has 3 nitrogen and oxygen atoms in total. The third-order valence-corrected chi connectivity index (χ3v) is 3.68. The van der Waals surface area contributed by atoms with Crippen molar-refractivity contribution in [2.45, 2.75) is 6.92 Å². The van der Waals surface area contributed by atoms with Crippen LogP contribution in [0, 0.1) is 6.92 Å². The molecule has 0 aliphatic heterocycles. The number of ketones is 1. The fourth-order valence-electron chi connectivity index (χ4n) is 2.11. The molecule has 0 aliphatic carbocycles. The van der Waals surface area contributed by atoms with E-state index in [-0.39, 0.29) is 5.78 Å². The average molecular weight is 315 g/mol. The van der Waals surface area contributed by atoms with Gasteiger partial charge in [-0.25, -0.2) is 4.98 Å². The van der Waals surface area contributed by atoms with Crippen LogP contribution in [-0.2, 0) is 0 Å². The fraction of sp³-hybridized carbons (Fsp3) is 0.0667. The summed E-state index contributed by atoms with van der Waals surface area (Å²) in [4.78, 5) is 16.9. The second-order valence-electron chi connectivity index (χ2n) is 4.33. The second-order valence-corrected chi connectivity index (χ2v) is 5.08. The van der Waals surface area contributed by atoms with Gasteiger partial charge in [-0.05, 0) is 40.5 Å². The molecule has 0 radical (unpaired) electrons. The first kappa shape index (κ1) is 12.1. The molecule has 3 rings (SSSR count). The summed E-state index contributed by atoms with van der Waals surface area (Å²) >= 11 is 3.39. The van der Waals surface area contributed by atoms with Crippen molar-refractivity contribution in [1.29, 1.82) is 0 Å². The molecule has 0 saturated carbocycles. The maximum Gasteiger partial charge on any atom is 0.229 e. The first-order valence-electron chi connectivity index (χ1n) is 5.91. The third kappa shape index (κ3) is 1.98. The van der Waals surface area contributed by atoms with Gasteiger partial charge in [0.1, 0.15) is 4.60 Å². The lowest BCUT2D eigenvalue weighted by molar-refractivity contribution is 0.102. The van der Waals surface area contributed by atoms with Gasteiger partial charge in [0.2, 0.25) is 5.78 Å². The lowest BCUT2D eigenvalue weighted by Gasteiger charge is -2.03. The van der Waals surface area contributed by atoms with Crippen molar-refractivity contribution in [3.05, 3.63) is 70.2 Å². The Balaban J connectivity index is 2.20. The van der Waals surface area contributed by atoms with Crippen LogP contribution in [0.4, 0.5) is 0 Å². The zero-order valence-corrected chi connectivity index (χ0v) is 11.9. The molecule has 0 amide bonds. The monoisotopic (exact) mass is 314 g/mol. The van der Waals surface area contributed by atoms with Gasteiger partial charge in [0.15, 0.2) is 5.82 Å². The number of hydrogen-bond acceptors (Lipinski definition) is 2. The maximum absolute atomic E-state index is 12.6. The molecule has 0 spiro atoms. The zero-order valence-electron chi connectivity index (χ0n) is 10.3. The minimum absolute atomic E-state index is 0.0648. The van der Waals surface area contributed by atoms with Gasteiger partial charge in [0, 0.05) is 11.8 Å². The van der Waals surface area contributed by atoms with E-state index in [1.165, 1.54) is 0 Å². The normalized spacial score (nSPS) is 10.8. The van der Waals surface area contributed by atoms with Crippen molar-refractivity contribution in [3.8, 4) is 0 Å². The Morgan fingerprint density at radius 2 is 1.89 bits per heavy atom. The van der Waals surface area contributed by atoms with Crippen molar-refractivity contribution >= 4 is 27.2 Å². The van der Waals surface area contributed by atoms with Crippen LogP contribution in [0.25, 0.3) is 5.52 Å². The smallest absolute Gasteiger partial charge is 0.229 e. The van der Waals surface area contributed by atoms with Crippen LogP contribution in [0.15, 0.2) is 53.3 Å². The topological polar surface area (TPSA) is 34.4 Å². The van der Waals surface area contributed by atoms with Crippen LogP contribution in [-0.4, -0.2) is 15.2 Å². The molecule has 0 bridgehead atoms. The molecule has 4 heteroatoms. The van der Waals surface area contributed by atoms with Gasteiger partial charge in [-0.2, -0.15) is 0 Å². The van der Waals surface area contributed by atoms with Crippen LogP contribution < -0.4 is 0 Å². The molecule has 2 heterocycles. The molecule has 0 N–H and O–H groups in total. The highest BCUT2D eigenvalue weighted by molar-refractivity contribution is 9.10. The van der Waals surface area contributed by atoms with Crippen molar-refractivity contribution < 1.29 is 4.79 Å². The molecular formula is C15H11BrN2O. The van der Waals surface area contributed by atoms with Crippen LogP contribution in [0.3, 0.4) is 0 Å². The van der Waals surface area contributed by atoms with E-state index in [0.29, 0.717) is 16.0 Å². The number of imidazole rings is 1. The van der Waals surface area contributed by atoms with Crippen molar-refractivity contribution in [2.75, 3.05) is 0 Å². The molecule has 0 atom stereocenters. The summed E-state index contributed by atoms with van der Waals surface area (Å²) in [6.45, 7) is 1.93. The number of pyridine rings is 1. The third-order valence-electron chi connectivity index (χ3n) is 3.10. The predicted octanol–water partition coefficient (Wildman–Crippen LogP) is 3.64. The SMILES string of the molecule is Cc1ccccc1C(=O)c1nc(Br)c2ccccn12. The van der Waals surface area contributed by atoms with Crippen LogP contribution >= 0.6 is 15.9 Å². The number of fused-ring (bicyclic) bond motifs is 1. The Morgan fingerprint density at radius 1 is 1.16 bits per heavy atom. The highest BCUT2D eigenvalue weighted by atomic mass is 79.9. The van der Waals surface area contributed by atoms with E-state index < -0.39 is 0 Å². The van der Waals surface area contributed by atoms with Gasteiger partial charge in [0.25, 0.3) is 0 Å². The Morgan fingerprint density at radius 3 is 2.68 bits per heavy atom. The number of carbonyl (C=O) groups excluding carboxylic acids is 1. The number of aromatic nitrogens is 2. The van der Waals surface area contributed by atoms with Gasteiger partial charge < -0.3 is 0 Å². The Labute approximate surface area is 119 Å². The molecule has 0 unspecified atom stereocenters. The van der Waals surface area contributed by atoms with E-state index in [0.717, 1.165) is 11.1 Å². The highest BCUT2D eigenvalue weighted by Gasteiger charge is 2.18. The van der Waals surface area contributed by atoms with E-state index in [1.54, 1.807) is 4.40 Å². The number of carbonyl (C=O) groups is 1. The van der Waals surface area contributed by atoms with E-state index >= 15 is 0 Å². The summed E-state index contributed by atoms with van der Waals surface area (Å²) in [6.07, 6.45) is 1.85. The summed E-state index contributed by atoms with van der Waals surface area (Å²) in [7, 11) is 0. The van der Waals surface area contributed by atoms with Gasteiger partial charge >= 0.3 is 0 Å². The summed E-state index contributed by atoms with van der Waals surface area (Å²) in [6, 6.07) is 13.3. The van der Waals surface area contributed by atoms with E-state index in [9.17, 15) is 4.79 Å². The molecule has 94 valence electrons. The molecule has 0 aliphatic rings. The Bertz CT molecular complexity index is 777. The molecule has 2 aromatic heterocycles. The first-order valence-corrected chi connectivity index (χ1v) is 6.70. The van der Waals surface area contributed by atoms with Gasteiger partial charge in [-0.15, -0.1) is 0 Å². The van der Waals surface area contributed by atoms with Crippen LogP contribution in [0.2, 0.25) is 0 Å². The lowest BCUT2D eigenvalue weighted by atomic mass is 10.0.